The summed E-state index contributed by atoms with van der Waals surface area (Å²) in [7, 11) is 0. The molecule has 0 radical (unpaired) electrons. The second-order valence-corrected chi connectivity index (χ2v) is 7.73. The molecule has 1 aromatic carbocycles. The largest absolute Gasteiger partial charge is 0.335 e. The van der Waals surface area contributed by atoms with Gasteiger partial charge in [-0.05, 0) is 61.9 Å². The van der Waals surface area contributed by atoms with Gasteiger partial charge in [-0.3, -0.25) is 9.78 Å². The van der Waals surface area contributed by atoms with Gasteiger partial charge in [0.05, 0.1) is 5.69 Å². The van der Waals surface area contributed by atoms with E-state index in [1.165, 1.54) is 0 Å². The molecule has 156 valence electrons. The summed E-state index contributed by atoms with van der Waals surface area (Å²) in [5.41, 5.74) is 2.70. The number of carbonyl (C=O) groups is 1. The lowest BCUT2D eigenvalue weighted by molar-refractivity contribution is 0.0579. The molecule has 0 unspecified atom stereocenters. The number of aromatic nitrogens is 3. The molecule has 1 aliphatic heterocycles. The van der Waals surface area contributed by atoms with Gasteiger partial charge >= 0.3 is 0 Å². The summed E-state index contributed by atoms with van der Waals surface area (Å²) >= 11 is 0. The van der Waals surface area contributed by atoms with E-state index in [1.807, 2.05) is 60.9 Å². The molecule has 0 spiro atoms. The number of benzene rings is 1. The first-order chi connectivity index (χ1) is 14.7. The Kier molecular flexibility index (Phi) is 6.54. The van der Waals surface area contributed by atoms with Crippen molar-refractivity contribution in [2.75, 3.05) is 26.2 Å². The summed E-state index contributed by atoms with van der Waals surface area (Å²) in [5, 5.41) is 4.26. The van der Waals surface area contributed by atoms with Crippen molar-refractivity contribution in [2.45, 2.75) is 32.2 Å². The third kappa shape index (κ3) is 4.76. The van der Waals surface area contributed by atoms with Gasteiger partial charge in [0, 0.05) is 61.9 Å². The van der Waals surface area contributed by atoms with Gasteiger partial charge in [0.1, 0.15) is 0 Å². The highest BCUT2D eigenvalue weighted by Crippen LogP contribution is 2.20. The minimum Gasteiger partial charge on any atom is -0.335 e. The van der Waals surface area contributed by atoms with E-state index < -0.39 is 0 Å². The molecule has 30 heavy (non-hydrogen) atoms. The van der Waals surface area contributed by atoms with Gasteiger partial charge in [-0.2, -0.15) is 5.10 Å². The van der Waals surface area contributed by atoms with Crippen LogP contribution in [0.2, 0.25) is 0 Å². The molecular weight excluding hydrogens is 374 g/mol. The van der Waals surface area contributed by atoms with E-state index in [2.05, 4.69) is 26.8 Å². The number of hydrogen-bond acceptors (Lipinski definition) is 4. The van der Waals surface area contributed by atoms with Crippen LogP contribution in [0.15, 0.2) is 67.1 Å². The van der Waals surface area contributed by atoms with Crippen LogP contribution < -0.4 is 0 Å². The van der Waals surface area contributed by atoms with E-state index >= 15 is 0 Å². The van der Waals surface area contributed by atoms with Crippen LogP contribution >= 0.6 is 0 Å². The fraction of sp³-hybridized carbons (Fsp3) is 0.375. The topological polar surface area (TPSA) is 54.3 Å². The lowest BCUT2D eigenvalue weighted by atomic mass is 10.0. The lowest BCUT2D eigenvalue weighted by Gasteiger charge is -2.38. The summed E-state index contributed by atoms with van der Waals surface area (Å²) in [4.78, 5) is 22.5. The van der Waals surface area contributed by atoms with Crippen LogP contribution in [0.5, 0.6) is 0 Å². The van der Waals surface area contributed by atoms with Crippen molar-refractivity contribution in [3.05, 3.63) is 78.4 Å². The molecule has 0 saturated carbocycles. The maximum Gasteiger partial charge on any atom is 0.254 e. The molecule has 1 fully saturated rings. The van der Waals surface area contributed by atoms with Crippen LogP contribution in [0, 0.1) is 0 Å². The van der Waals surface area contributed by atoms with Crippen LogP contribution in [0.3, 0.4) is 0 Å². The molecule has 1 saturated heterocycles. The van der Waals surface area contributed by atoms with Gasteiger partial charge in [-0.25, -0.2) is 4.68 Å². The zero-order valence-electron chi connectivity index (χ0n) is 17.5. The zero-order valence-corrected chi connectivity index (χ0v) is 17.5. The molecule has 2 aromatic heterocycles. The summed E-state index contributed by atoms with van der Waals surface area (Å²) in [6.07, 6.45) is 8.28. The Labute approximate surface area is 178 Å². The van der Waals surface area contributed by atoms with Crippen molar-refractivity contribution in [3.8, 4) is 5.69 Å². The maximum absolute atomic E-state index is 13.5. The third-order valence-corrected chi connectivity index (χ3v) is 5.92. The van der Waals surface area contributed by atoms with E-state index in [-0.39, 0.29) is 11.9 Å². The lowest BCUT2D eigenvalue weighted by Crippen LogP contribution is -2.48. The summed E-state index contributed by atoms with van der Waals surface area (Å²) < 4.78 is 1.80. The number of amides is 1. The van der Waals surface area contributed by atoms with Gasteiger partial charge in [0.25, 0.3) is 5.91 Å². The summed E-state index contributed by atoms with van der Waals surface area (Å²) in [6, 6.07) is 15.9. The fourth-order valence-corrected chi connectivity index (χ4v) is 4.12. The van der Waals surface area contributed by atoms with Crippen LogP contribution in [0.4, 0.5) is 0 Å². The highest BCUT2D eigenvalue weighted by molar-refractivity contribution is 5.94. The Hall–Kier alpha value is -2.99. The van der Waals surface area contributed by atoms with Crippen molar-refractivity contribution < 1.29 is 4.79 Å². The molecule has 0 bridgehead atoms. The first-order valence-electron chi connectivity index (χ1n) is 10.8. The van der Waals surface area contributed by atoms with E-state index in [9.17, 15) is 4.79 Å². The van der Waals surface area contributed by atoms with Crippen molar-refractivity contribution >= 4 is 5.91 Å². The maximum atomic E-state index is 13.5. The minimum atomic E-state index is 0.105. The molecule has 0 atom stereocenters. The van der Waals surface area contributed by atoms with Crippen molar-refractivity contribution in [3.63, 3.8) is 0 Å². The molecule has 3 aromatic rings. The number of nitrogens with zero attached hydrogens (tertiary/aromatic N) is 5. The molecule has 6 heteroatoms. The Morgan fingerprint density at radius 2 is 1.87 bits per heavy atom. The molecule has 0 aliphatic carbocycles. The molecule has 4 rings (SSSR count). The van der Waals surface area contributed by atoms with Crippen LogP contribution in [-0.4, -0.2) is 62.7 Å². The average molecular weight is 404 g/mol. The first-order valence-corrected chi connectivity index (χ1v) is 10.8. The van der Waals surface area contributed by atoms with Gasteiger partial charge in [-0.15, -0.1) is 0 Å². The standard InChI is InChI=1S/C24H29N5O/c1-2-27-17-12-22(13-18-27)28(19-11-21-6-3-4-14-25-21)24(30)20-7-9-23(10-8-20)29-16-5-15-26-29/h3-10,14-16,22H,2,11-13,17-19H2,1H3. The van der Waals surface area contributed by atoms with E-state index in [0.717, 1.165) is 55.8 Å². The highest BCUT2D eigenvalue weighted by atomic mass is 16.2. The quantitative estimate of drug-likeness (QED) is 0.606. The number of hydrogen-bond donors (Lipinski definition) is 0. The van der Waals surface area contributed by atoms with Crippen LogP contribution in [-0.2, 0) is 6.42 Å². The number of pyridine rings is 1. The monoisotopic (exact) mass is 403 g/mol. The van der Waals surface area contributed by atoms with Gasteiger partial charge in [-0.1, -0.05) is 13.0 Å². The fourth-order valence-electron chi connectivity index (χ4n) is 4.12. The number of carbonyl (C=O) groups excluding carboxylic acids is 1. The molecule has 3 heterocycles. The third-order valence-electron chi connectivity index (χ3n) is 5.92. The molecule has 0 N–H and O–H groups in total. The van der Waals surface area contributed by atoms with E-state index in [0.29, 0.717) is 6.54 Å². The van der Waals surface area contributed by atoms with Gasteiger partial charge < -0.3 is 9.80 Å². The minimum absolute atomic E-state index is 0.105. The normalized spacial score (nSPS) is 15.2. The van der Waals surface area contributed by atoms with Crippen LogP contribution in [0.1, 0.15) is 35.8 Å². The predicted octanol–water partition coefficient (Wildman–Crippen LogP) is 3.44. The SMILES string of the molecule is CCN1CCC(N(CCc2ccccn2)C(=O)c2ccc(-n3cccn3)cc2)CC1. The second kappa shape index (κ2) is 9.67. The molecule has 6 nitrogen and oxygen atoms in total. The highest BCUT2D eigenvalue weighted by Gasteiger charge is 2.28. The number of rotatable bonds is 7. The van der Waals surface area contributed by atoms with Gasteiger partial charge in [0.15, 0.2) is 0 Å². The smallest absolute Gasteiger partial charge is 0.254 e. The Morgan fingerprint density at radius 1 is 1.07 bits per heavy atom. The molecule has 1 aliphatic rings. The van der Waals surface area contributed by atoms with Crippen molar-refractivity contribution in [1.29, 1.82) is 0 Å². The number of piperidine rings is 1. The Morgan fingerprint density at radius 3 is 2.50 bits per heavy atom. The van der Waals surface area contributed by atoms with E-state index in [1.54, 1.807) is 10.9 Å². The number of likely N-dealkylation sites (tertiary alicyclic amines) is 1. The van der Waals surface area contributed by atoms with E-state index in [4.69, 9.17) is 0 Å². The average Bonchev–Trinajstić information content (AvgIpc) is 3.35. The van der Waals surface area contributed by atoms with Gasteiger partial charge in [0.2, 0.25) is 0 Å². The van der Waals surface area contributed by atoms with Crippen LogP contribution in [0.25, 0.3) is 5.69 Å². The Balaban J connectivity index is 1.50. The Bertz CT molecular complexity index is 916. The second-order valence-electron chi connectivity index (χ2n) is 7.73. The van der Waals surface area contributed by atoms with Crippen molar-refractivity contribution in [1.82, 2.24) is 24.6 Å². The summed E-state index contributed by atoms with van der Waals surface area (Å²) in [5.74, 6) is 0.105. The zero-order chi connectivity index (χ0) is 20.8. The molecule has 1 amide bonds. The van der Waals surface area contributed by atoms with Crippen molar-refractivity contribution in [2.24, 2.45) is 0 Å². The summed E-state index contributed by atoms with van der Waals surface area (Å²) in [6.45, 7) is 6.06. The molecular formula is C24H29N5O. The predicted molar refractivity (Wildman–Crippen MR) is 118 cm³/mol. The first kappa shape index (κ1) is 20.3.